The van der Waals surface area contributed by atoms with E-state index in [2.05, 4.69) is 168 Å². The molecule has 51 heavy (non-hydrogen) atoms. The van der Waals surface area contributed by atoms with Crippen molar-refractivity contribution < 1.29 is 26.2 Å². The molecule has 2 nitrogen and oxygen atoms in total. The van der Waals surface area contributed by atoms with Gasteiger partial charge in [-0.05, 0) is 44.8 Å². The number of rotatable bonds is 4. The minimum absolute atomic E-state index is 0. The van der Waals surface area contributed by atoms with Gasteiger partial charge in [0.15, 0.2) is 0 Å². The Labute approximate surface area is 316 Å². The van der Waals surface area contributed by atoms with Crippen LogP contribution in [0.2, 0.25) is 0 Å². The van der Waals surface area contributed by atoms with Crippen LogP contribution in [0.1, 0.15) is 0 Å². The number of aromatic nitrogens is 2. The first-order valence-corrected chi connectivity index (χ1v) is 17.0. The van der Waals surface area contributed by atoms with Crippen LogP contribution >= 0.6 is 0 Å². The molecular formula is C48H32N2Zr. The number of hydrogen-bond acceptors (Lipinski definition) is 2. The van der Waals surface area contributed by atoms with Gasteiger partial charge in [0, 0.05) is 23.8 Å². The summed E-state index contributed by atoms with van der Waals surface area (Å²) in [6.45, 7) is 0. The fourth-order valence-corrected chi connectivity index (χ4v) is 7.22. The van der Waals surface area contributed by atoms with Gasteiger partial charge in [0.1, 0.15) is 0 Å². The molecule has 0 saturated heterocycles. The molecular weight excluding hydrogens is 696 g/mol. The Morgan fingerprint density at radius 2 is 0.706 bits per heavy atom. The van der Waals surface area contributed by atoms with E-state index in [0.717, 1.165) is 11.4 Å². The molecule has 2 aromatic heterocycles. The minimum atomic E-state index is 0. The monoisotopic (exact) mass is 726 g/mol. The summed E-state index contributed by atoms with van der Waals surface area (Å²) in [5.74, 6) is 0. The second-order valence-electron chi connectivity index (χ2n) is 12.6. The van der Waals surface area contributed by atoms with Crippen LogP contribution < -0.4 is 0 Å². The summed E-state index contributed by atoms with van der Waals surface area (Å²) in [6.07, 6.45) is 3.69. The molecule has 0 aliphatic rings. The first-order valence-electron chi connectivity index (χ1n) is 17.0. The van der Waals surface area contributed by atoms with Gasteiger partial charge in [0.2, 0.25) is 0 Å². The van der Waals surface area contributed by atoms with Crippen molar-refractivity contribution in [3.63, 3.8) is 0 Å². The maximum absolute atomic E-state index is 4.50. The van der Waals surface area contributed by atoms with Crippen molar-refractivity contribution in [2.75, 3.05) is 0 Å². The fraction of sp³-hybridized carbons (Fsp3) is 0. The van der Waals surface area contributed by atoms with Crippen molar-refractivity contribution in [2.24, 2.45) is 0 Å². The molecule has 10 aromatic rings. The molecule has 0 radical (unpaired) electrons. The third-order valence-electron chi connectivity index (χ3n) is 9.58. The van der Waals surface area contributed by atoms with Gasteiger partial charge in [0.25, 0.3) is 0 Å². The summed E-state index contributed by atoms with van der Waals surface area (Å²) < 4.78 is 0. The van der Waals surface area contributed by atoms with Gasteiger partial charge in [-0.15, -0.1) is 69.1 Å². The summed E-state index contributed by atoms with van der Waals surface area (Å²) in [4.78, 5) is 8.99. The van der Waals surface area contributed by atoms with Gasteiger partial charge < -0.3 is 0 Å². The summed E-state index contributed by atoms with van der Waals surface area (Å²) in [7, 11) is 0. The van der Waals surface area contributed by atoms with Crippen LogP contribution in [-0.2, 0) is 26.2 Å². The molecule has 0 aliphatic carbocycles. The van der Waals surface area contributed by atoms with Crippen LogP contribution in [0.15, 0.2) is 194 Å². The maximum atomic E-state index is 4.50. The normalized spacial score (nSPS) is 11.0. The van der Waals surface area contributed by atoms with E-state index >= 15 is 0 Å². The Morgan fingerprint density at radius 1 is 0.333 bits per heavy atom. The second kappa shape index (κ2) is 14.2. The third-order valence-corrected chi connectivity index (χ3v) is 9.58. The molecule has 3 heteroatoms. The van der Waals surface area contributed by atoms with Gasteiger partial charge in [-0.2, -0.15) is 0 Å². The number of benzene rings is 6. The summed E-state index contributed by atoms with van der Waals surface area (Å²) in [5, 5.41) is 10.2. The molecule has 2 heterocycles. The predicted molar refractivity (Wildman–Crippen MR) is 211 cm³/mol. The summed E-state index contributed by atoms with van der Waals surface area (Å²) in [6, 6.07) is 64.3. The molecule has 0 N–H and O–H groups in total. The van der Waals surface area contributed by atoms with Crippen molar-refractivity contribution in [1.82, 2.24) is 9.97 Å². The number of nitrogens with zero attached hydrogens (tertiary/aromatic N) is 2. The van der Waals surface area contributed by atoms with Crippen molar-refractivity contribution >= 4 is 43.1 Å². The van der Waals surface area contributed by atoms with E-state index in [4.69, 9.17) is 0 Å². The first-order chi connectivity index (χ1) is 24.8. The van der Waals surface area contributed by atoms with Crippen LogP contribution in [-0.4, -0.2) is 9.97 Å². The molecule has 8 aromatic carbocycles. The summed E-state index contributed by atoms with van der Waals surface area (Å²) >= 11 is 0. The SMILES string of the molecule is [Zr+2].c1ccc(-c2cc3c(-c4cccc5ccccc45)cccc3[cH-]2)nc1.c1ccc(-c2cc3c(-c4cccc5ccccc45)cccc3[cH-]2)nc1. The molecule has 0 bridgehead atoms. The van der Waals surface area contributed by atoms with E-state index in [0.29, 0.717) is 0 Å². The van der Waals surface area contributed by atoms with E-state index in [-0.39, 0.29) is 26.2 Å². The van der Waals surface area contributed by atoms with Crippen molar-refractivity contribution in [2.45, 2.75) is 0 Å². The number of pyridine rings is 2. The van der Waals surface area contributed by atoms with E-state index in [1.165, 1.54) is 76.5 Å². The molecule has 0 fully saturated rings. The van der Waals surface area contributed by atoms with Crippen molar-refractivity contribution in [3.8, 4) is 44.8 Å². The zero-order chi connectivity index (χ0) is 33.3. The molecule has 0 saturated carbocycles. The average molecular weight is 728 g/mol. The second-order valence-corrected chi connectivity index (χ2v) is 12.6. The molecule has 238 valence electrons. The standard InChI is InChI=1S/2C24H16N.Zr/c2*1-2-10-20-17(7-1)8-5-11-21(20)22-12-6-9-18-15-19(16-23(18)22)24-13-3-4-14-25-24;/h2*1-16H;/q2*-1;+2. The quantitative estimate of drug-likeness (QED) is 0.169. The molecule has 0 aliphatic heterocycles. The van der Waals surface area contributed by atoms with Gasteiger partial charge in [-0.1, -0.05) is 145 Å². The Bertz CT molecular complexity index is 2550. The van der Waals surface area contributed by atoms with E-state index in [9.17, 15) is 0 Å². The maximum Gasteiger partial charge on any atom is 2.00 e. The van der Waals surface area contributed by atoms with E-state index in [1.54, 1.807) is 0 Å². The van der Waals surface area contributed by atoms with Crippen LogP contribution in [0, 0.1) is 0 Å². The summed E-state index contributed by atoms with van der Waals surface area (Å²) in [5.41, 5.74) is 9.48. The van der Waals surface area contributed by atoms with Crippen molar-refractivity contribution in [3.05, 3.63) is 194 Å². The van der Waals surface area contributed by atoms with Crippen LogP contribution in [0.3, 0.4) is 0 Å². The van der Waals surface area contributed by atoms with Gasteiger partial charge in [-0.3, -0.25) is 9.97 Å². The zero-order valence-electron chi connectivity index (χ0n) is 27.9. The van der Waals surface area contributed by atoms with Crippen LogP contribution in [0.4, 0.5) is 0 Å². The zero-order valence-corrected chi connectivity index (χ0v) is 30.3. The first kappa shape index (κ1) is 32.4. The third kappa shape index (κ3) is 6.27. The van der Waals surface area contributed by atoms with Crippen molar-refractivity contribution in [1.29, 1.82) is 0 Å². The minimum Gasteiger partial charge on any atom is -0.295 e. The van der Waals surface area contributed by atoms with Gasteiger partial charge in [-0.25, -0.2) is 0 Å². The van der Waals surface area contributed by atoms with Crippen LogP contribution in [0.25, 0.3) is 87.9 Å². The molecule has 0 atom stereocenters. The predicted octanol–water partition coefficient (Wildman–Crippen LogP) is 12.9. The Morgan fingerprint density at radius 3 is 1.14 bits per heavy atom. The van der Waals surface area contributed by atoms with E-state index in [1.807, 2.05) is 36.7 Å². The topological polar surface area (TPSA) is 25.8 Å². The molecule has 0 amide bonds. The Hall–Kier alpha value is -5.76. The largest absolute Gasteiger partial charge is 2.00 e. The average Bonchev–Trinajstić information content (AvgIpc) is 3.84. The molecule has 10 rings (SSSR count). The van der Waals surface area contributed by atoms with Gasteiger partial charge >= 0.3 is 26.2 Å². The Kier molecular flexibility index (Phi) is 9.06. The fourth-order valence-electron chi connectivity index (χ4n) is 7.22. The Balaban J connectivity index is 0.000000144. The smallest absolute Gasteiger partial charge is 0.295 e. The molecule has 0 unspecified atom stereocenters. The number of hydrogen-bond donors (Lipinski definition) is 0. The van der Waals surface area contributed by atoms with E-state index < -0.39 is 0 Å². The van der Waals surface area contributed by atoms with Crippen LogP contribution in [0.5, 0.6) is 0 Å². The van der Waals surface area contributed by atoms with Gasteiger partial charge in [0.05, 0.1) is 0 Å². The molecule has 0 spiro atoms. The number of fused-ring (bicyclic) bond motifs is 4.